The van der Waals surface area contributed by atoms with Gasteiger partial charge in [0.05, 0.1) is 18.0 Å². The molecule has 0 aliphatic carbocycles. The van der Waals surface area contributed by atoms with Crippen LogP contribution in [0.1, 0.15) is 29.9 Å². The Kier molecular flexibility index (Phi) is 6.34. The van der Waals surface area contributed by atoms with E-state index in [9.17, 15) is 4.79 Å². The fourth-order valence-corrected chi connectivity index (χ4v) is 3.02. The maximum Gasteiger partial charge on any atom is 0.289 e. The van der Waals surface area contributed by atoms with E-state index >= 15 is 0 Å². The van der Waals surface area contributed by atoms with Gasteiger partial charge in [-0.3, -0.25) is 9.89 Å². The van der Waals surface area contributed by atoms with Crippen molar-refractivity contribution in [1.82, 2.24) is 15.6 Å². The lowest BCUT2D eigenvalue weighted by Gasteiger charge is -2.03. The van der Waals surface area contributed by atoms with Crippen molar-refractivity contribution in [2.45, 2.75) is 13.8 Å². The van der Waals surface area contributed by atoms with Crippen LogP contribution < -0.4 is 10.2 Å². The number of halogens is 2. The van der Waals surface area contributed by atoms with Crippen molar-refractivity contribution in [3.05, 3.63) is 69.8 Å². The molecule has 0 bridgehead atoms. The minimum absolute atomic E-state index is 0.296. The zero-order chi connectivity index (χ0) is 20.1. The van der Waals surface area contributed by atoms with Crippen LogP contribution in [0.5, 0.6) is 5.75 Å². The van der Waals surface area contributed by atoms with Gasteiger partial charge in [-0.25, -0.2) is 5.43 Å². The summed E-state index contributed by atoms with van der Waals surface area (Å²) < 4.78 is 5.42. The number of hydrogen-bond donors (Lipinski definition) is 2. The lowest BCUT2D eigenvalue weighted by molar-refractivity contribution is 0.0950. The number of rotatable bonds is 6. The Hall–Kier alpha value is -2.83. The second-order valence-corrected chi connectivity index (χ2v) is 6.79. The third kappa shape index (κ3) is 4.91. The molecular weight excluding hydrogens is 399 g/mol. The van der Waals surface area contributed by atoms with E-state index in [0.717, 1.165) is 16.9 Å². The number of aromatic amines is 1. The van der Waals surface area contributed by atoms with Gasteiger partial charge in [0.15, 0.2) is 0 Å². The first kappa shape index (κ1) is 19.9. The standard InChI is InChI=1S/C20H18Cl2N4O2/c1-3-28-17-6-4-13(5-7-17)18-11-19(25-24-18)20(27)26-23-12(2)14-8-15(21)10-16(22)9-14/h4-11H,3H2,1-2H3,(H,24,25)(H,26,27)/b23-12-. The van der Waals surface area contributed by atoms with Crippen LogP contribution in [0.25, 0.3) is 11.3 Å². The molecule has 1 heterocycles. The summed E-state index contributed by atoms with van der Waals surface area (Å²) in [4.78, 5) is 12.3. The van der Waals surface area contributed by atoms with E-state index in [4.69, 9.17) is 27.9 Å². The minimum Gasteiger partial charge on any atom is -0.494 e. The molecule has 2 N–H and O–H groups in total. The van der Waals surface area contributed by atoms with Crippen LogP contribution >= 0.6 is 23.2 Å². The first-order chi connectivity index (χ1) is 13.5. The molecule has 0 atom stereocenters. The minimum atomic E-state index is -0.405. The molecule has 8 heteroatoms. The van der Waals surface area contributed by atoms with Crippen LogP contribution in [0.2, 0.25) is 10.0 Å². The molecule has 0 spiro atoms. The summed E-state index contributed by atoms with van der Waals surface area (Å²) in [5.41, 5.74) is 5.60. The maximum atomic E-state index is 12.3. The number of benzene rings is 2. The molecule has 3 aromatic rings. The Morgan fingerprint density at radius 2 is 1.82 bits per heavy atom. The quantitative estimate of drug-likeness (QED) is 0.441. The van der Waals surface area contributed by atoms with Gasteiger partial charge in [0, 0.05) is 21.2 Å². The van der Waals surface area contributed by atoms with Crippen molar-refractivity contribution < 1.29 is 9.53 Å². The van der Waals surface area contributed by atoms with E-state index < -0.39 is 5.91 Å². The molecule has 0 saturated carbocycles. The van der Waals surface area contributed by atoms with Crippen LogP contribution in [0, 0.1) is 0 Å². The largest absolute Gasteiger partial charge is 0.494 e. The molecule has 6 nitrogen and oxygen atoms in total. The van der Waals surface area contributed by atoms with Crippen molar-refractivity contribution in [3.63, 3.8) is 0 Å². The summed E-state index contributed by atoms with van der Waals surface area (Å²) in [5, 5.41) is 12.0. The van der Waals surface area contributed by atoms with Gasteiger partial charge in [0.1, 0.15) is 11.4 Å². The van der Waals surface area contributed by atoms with Gasteiger partial charge in [-0.2, -0.15) is 10.2 Å². The molecule has 0 aliphatic rings. The fraction of sp³-hybridized carbons (Fsp3) is 0.150. The van der Waals surface area contributed by atoms with E-state index in [1.807, 2.05) is 31.2 Å². The highest BCUT2D eigenvalue weighted by atomic mass is 35.5. The number of aromatic nitrogens is 2. The van der Waals surface area contributed by atoms with Crippen molar-refractivity contribution in [2.24, 2.45) is 5.10 Å². The lowest BCUT2D eigenvalue weighted by Crippen LogP contribution is -2.19. The summed E-state index contributed by atoms with van der Waals surface area (Å²) in [5.74, 6) is 0.378. The van der Waals surface area contributed by atoms with Crippen molar-refractivity contribution in [1.29, 1.82) is 0 Å². The van der Waals surface area contributed by atoms with Crippen LogP contribution in [0.3, 0.4) is 0 Å². The molecule has 0 unspecified atom stereocenters. The van der Waals surface area contributed by atoms with Gasteiger partial charge in [0.2, 0.25) is 0 Å². The predicted octanol–water partition coefficient (Wildman–Crippen LogP) is 4.94. The molecular formula is C20H18Cl2N4O2. The van der Waals surface area contributed by atoms with Crippen molar-refractivity contribution in [3.8, 4) is 17.0 Å². The van der Waals surface area contributed by atoms with Gasteiger partial charge < -0.3 is 4.74 Å². The molecule has 0 aliphatic heterocycles. The second-order valence-electron chi connectivity index (χ2n) is 5.92. The van der Waals surface area contributed by atoms with Crippen LogP contribution in [0.15, 0.2) is 53.6 Å². The number of H-pyrrole nitrogens is 1. The summed E-state index contributed by atoms with van der Waals surface area (Å²) in [6.07, 6.45) is 0. The highest BCUT2D eigenvalue weighted by Crippen LogP contribution is 2.22. The SMILES string of the molecule is CCOc1ccc(-c2cc(C(=O)N/N=C(/C)c3cc(Cl)cc(Cl)c3)[nH]n2)cc1. The van der Waals surface area contributed by atoms with E-state index in [1.165, 1.54) is 0 Å². The molecule has 28 heavy (non-hydrogen) atoms. The van der Waals surface area contributed by atoms with E-state index in [-0.39, 0.29) is 0 Å². The lowest BCUT2D eigenvalue weighted by atomic mass is 10.1. The zero-order valence-corrected chi connectivity index (χ0v) is 16.8. The number of nitrogens with zero attached hydrogens (tertiary/aromatic N) is 2. The average Bonchev–Trinajstić information content (AvgIpc) is 3.16. The summed E-state index contributed by atoms with van der Waals surface area (Å²) in [6.45, 7) is 4.28. The highest BCUT2D eigenvalue weighted by molar-refractivity contribution is 6.35. The molecule has 1 amide bonds. The van der Waals surface area contributed by atoms with Crippen LogP contribution in [0.4, 0.5) is 0 Å². The Bertz CT molecular complexity index is 993. The van der Waals surface area contributed by atoms with Gasteiger partial charge >= 0.3 is 0 Å². The molecule has 144 valence electrons. The molecule has 0 radical (unpaired) electrons. The Balaban J connectivity index is 1.70. The highest BCUT2D eigenvalue weighted by Gasteiger charge is 2.11. The van der Waals surface area contributed by atoms with Crippen molar-refractivity contribution >= 4 is 34.8 Å². The van der Waals surface area contributed by atoms with E-state index in [2.05, 4.69) is 20.7 Å². The number of carbonyl (C=O) groups excluding carboxylic acids is 1. The monoisotopic (exact) mass is 416 g/mol. The summed E-state index contributed by atoms with van der Waals surface area (Å²) in [7, 11) is 0. The second kappa shape index (κ2) is 8.91. The average molecular weight is 417 g/mol. The van der Waals surface area contributed by atoms with Gasteiger partial charge in [-0.15, -0.1) is 0 Å². The van der Waals surface area contributed by atoms with Gasteiger partial charge in [0.25, 0.3) is 5.91 Å². The number of hydrazone groups is 1. The predicted molar refractivity (Wildman–Crippen MR) is 111 cm³/mol. The first-order valence-electron chi connectivity index (χ1n) is 8.56. The normalized spacial score (nSPS) is 11.4. The van der Waals surface area contributed by atoms with Crippen LogP contribution in [-0.2, 0) is 0 Å². The van der Waals surface area contributed by atoms with Crippen LogP contribution in [-0.4, -0.2) is 28.4 Å². The number of carbonyl (C=O) groups is 1. The number of ether oxygens (including phenoxy) is 1. The fourth-order valence-electron chi connectivity index (χ4n) is 2.50. The zero-order valence-electron chi connectivity index (χ0n) is 15.3. The van der Waals surface area contributed by atoms with E-state index in [0.29, 0.717) is 33.8 Å². The molecule has 3 rings (SSSR count). The van der Waals surface area contributed by atoms with Gasteiger partial charge in [-0.05, 0) is 62.4 Å². The molecule has 0 saturated heterocycles. The Morgan fingerprint density at radius 1 is 1.14 bits per heavy atom. The molecule has 2 aromatic carbocycles. The first-order valence-corrected chi connectivity index (χ1v) is 9.31. The number of nitrogens with one attached hydrogen (secondary N) is 2. The Labute approximate surface area is 172 Å². The topological polar surface area (TPSA) is 79.4 Å². The van der Waals surface area contributed by atoms with Gasteiger partial charge in [-0.1, -0.05) is 23.2 Å². The van der Waals surface area contributed by atoms with Crippen molar-refractivity contribution in [2.75, 3.05) is 6.61 Å². The maximum absolute atomic E-state index is 12.3. The third-order valence-corrected chi connectivity index (χ3v) is 4.33. The smallest absolute Gasteiger partial charge is 0.289 e. The molecule has 1 aromatic heterocycles. The number of hydrogen-bond acceptors (Lipinski definition) is 4. The molecule has 0 fully saturated rings. The van der Waals surface area contributed by atoms with E-state index in [1.54, 1.807) is 31.2 Å². The number of amides is 1. The Morgan fingerprint density at radius 3 is 2.46 bits per heavy atom. The third-order valence-electron chi connectivity index (χ3n) is 3.89. The summed E-state index contributed by atoms with van der Waals surface area (Å²) in [6, 6.07) is 14.2. The summed E-state index contributed by atoms with van der Waals surface area (Å²) >= 11 is 12.0.